The Morgan fingerprint density at radius 3 is 2.28 bits per heavy atom. The second kappa shape index (κ2) is 9.70. The molecule has 0 aliphatic carbocycles. The van der Waals surface area contributed by atoms with E-state index in [1.54, 1.807) is 0 Å². The summed E-state index contributed by atoms with van der Waals surface area (Å²) >= 11 is 12.2. The third-order valence-corrected chi connectivity index (χ3v) is 7.28. The molecular weight excluding hydrogens is 401 g/mol. The van der Waals surface area contributed by atoms with Gasteiger partial charge in [0.25, 0.3) is 0 Å². The smallest absolute Gasteiger partial charge is 0.0595 e. The summed E-state index contributed by atoms with van der Waals surface area (Å²) in [5, 5.41) is 1.30. The molecule has 2 aromatic rings. The Kier molecular flexibility index (Phi) is 7.02. The number of nitrogens with zero attached hydrogens (tertiary/aromatic N) is 3. The Bertz CT molecular complexity index is 810. The number of piperazine rings is 1. The number of rotatable bonds is 5. The van der Waals surface area contributed by atoms with Gasteiger partial charge in [0.2, 0.25) is 0 Å². The van der Waals surface area contributed by atoms with Gasteiger partial charge in [0.1, 0.15) is 0 Å². The molecule has 5 heteroatoms. The second-order valence-corrected chi connectivity index (χ2v) is 9.20. The van der Waals surface area contributed by atoms with Crippen molar-refractivity contribution in [3.05, 3.63) is 63.6 Å². The van der Waals surface area contributed by atoms with E-state index in [1.165, 1.54) is 55.8 Å². The summed E-state index contributed by atoms with van der Waals surface area (Å²) in [4.78, 5) is 7.88. The van der Waals surface area contributed by atoms with Crippen LogP contribution in [0.4, 0.5) is 5.69 Å². The van der Waals surface area contributed by atoms with Crippen molar-refractivity contribution in [3.63, 3.8) is 0 Å². The van der Waals surface area contributed by atoms with Gasteiger partial charge in [-0.25, -0.2) is 0 Å². The lowest BCUT2D eigenvalue weighted by molar-refractivity contribution is 0.104. The number of hydrogen-bond donors (Lipinski definition) is 0. The Morgan fingerprint density at radius 2 is 1.59 bits per heavy atom. The van der Waals surface area contributed by atoms with Gasteiger partial charge in [-0.2, -0.15) is 0 Å². The molecule has 2 aliphatic rings. The van der Waals surface area contributed by atoms with Gasteiger partial charge >= 0.3 is 0 Å². The second-order valence-electron chi connectivity index (χ2n) is 8.38. The SMILES string of the molecule is Cc1ccccc1N1CCN(C2CCN(CCc3ccc(Cl)c(Cl)c3)CC2)CC1. The molecule has 0 spiro atoms. The van der Waals surface area contributed by atoms with Crippen LogP contribution in [0, 0.1) is 6.92 Å². The molecule has 2 aromatic carbocycles. The number of halogens is 2. The lowest BCUT2D eigenvalue weighted by Crippen LogP contribution is -2.53. The van der Waals surface area contributed by atoms with Gasteiger partial charge in [-0.05, 0) is 68.6 Å². The molecule has 0 unspecified atom stereocenters. The number of piperidine rings is 1. The van der Waals surface area contributed by atoms with Crippen LogP contribution in [0.3, 0.4) is 0 Å². The van der Waals surface area contributed by atoms with E-state index >= 15 is 0 Å². The number of para-hydroxylation sites is 1. The van der Waals surface area contributed by atoms with Crippen LogP contribution >= 0.6 is 23.2 Å². The summed E-state index contributed by atoms with van der Waals surface area (Å²) in [6, 6.07) is 15.5. The van der Waals surface area contributed by atoms with Crippen LogP contribution in [0.15, 0.2) is 42.5 Å². The molecule has 156 valence electrons. The fourth-order valence-electron chi connectivity index (χ4n) is 4.74. The Hall–Kier alpha value is -1.26. The van der Waals surface area contributed by atoms with E-state index in [1.807, 2.05) is 12.1 Å². The zero-order valence-electron chi connectivity index (χ0n) is 17.3. The number of anilines is 1. The zero-order chi connectivity index (χ0) is 20.2. The van der Waals surface area contributed by atoms with Crippen LogP contribution in [0.2, 0.25) is 10.0 Å². The average Bonchev–Trinajstić information content (AvgIpc) is 2.75. The highest BCUT2D eigenvalue weighted by Gasteiger charge is 2.27. The van der Waals surface area contributed by atoms with E-state index in [0.29, 0.717) is 10.0 Å². The molecule has 0 amide bonds. The van der Waals surface area contributed by atoms with E-state index < -0.39 is 0 Å². The first kappa shape index (κ1) is 21.0. The van der Waals surface area contributed by atoms with Gasteiger partial charge in [-0.1, -0.05) is 47.5 Å². The van der Waals surface area contributed by atoms with Gasteiger partial charge in [-0.15, -0.1) is 0 Å². The summed E-state index contributed by atoms with van der Waals surface area (Å²) < 4.78 is 0. The molecule has 29 heavy (non-hydrogen) atoms. The maximum atomic E-state index is 6.14. The number of likely N-dealkylation sites (tertiary alicyclic amines) is 1. The highest BCUT2D eigenvalue weighted by atomic mass is 35.5. The third-order valence-electron chi connectivity index (χ3n) is 6.54. The minimum Gasteiger partial charge on any atom is -0.369 e. The molecule has 0 N–H and O–H groups in total. The Labute approximate surface area is 185 Å². The van der Waals surface area contributed by atoms with Crippen molar-refractivity contribution in [1.82, 2.24) is 9.80 Å². The topological polar surface area (TPSA) is 9.72 Å². The first-order valence-electron chi connectivity index (χ1n) is 10.8. The molecule has 2 heterocycles. The molecule has 0 radical (unpaired) electrons. The third kappa shape index (κ3) is 5.27. The monoisotopic (exact) mass is 431 g/mol. The van der Waals surface area contributed by atoms with E-state index in [4.69, 9.17) is 23.2 Å². The molecule has 0 aromatic heterocycles. The molecule has 3 nitrogen and oxygen atoms in total. The highest BCUT2D eigenvalue weighted by Crippen LogP contribution is 2.25. The van der Waals surface area contributed by atoms with E-state index in [-0.39, 0.29) is 0 Å². The van der Waals surface area contributed by atoms with E-state index in [0.717, 1.165) is 32.1 Å². The molecule has 2 fully saturated rings. The fourth-order valence-corrected chi connectivity index (χ4v) is 5.06. The number of benzene rings is 2. The first-order chi connectivity index (χ1) is 14.1. The van der Waals surface area contributed by atoms with Gasteiger partial charge in [0.05, 0.1) is 10.0 Å². The molecule has 0 bridgehead atoms. The molecule has 0 atom stereocenters. The highest BCUT2D eigenvalue weighted by molar-refractivity contribution is 6.42. The van der Waals surface area contributed by atoms with Gasteiger partial charge in [0.15, 0.2) is 0 Å². The van der Waals surface area contributed by atoms with Crippen LogP contribution in [0.25, 0.3) is 0 Å². The molecule has 0 saturated carbocycles. The molecule has 4 rings (SSSR count). The summed E-state index contributed by atoms with van der Waals surface area (Å²) in [6.45, 7) is 10.4. The van der Waals surface area contributed by atoms with Crippen molar-refractivity contribution in [1.29, 1.82) is 0 Å². The van der Waals surface area contributed by atoms with Crippen LogP contribution in [0.5, 0.6) is 0 Å². The summed E-state index contributed by atoms with van der Waals surface area (Å²) in [6.07, 6.45) is 3.61. The normalized spacial score (nSPS) is 19.6. The van der Waals surface area contributed by atoms with Crippen molar-refractivity contribution in [2.45, 2.75) is 32.2 Å². The predicted molar refractivity (Wildman–Crippen MR) is 125 cm³/mol. The van der Waals surface area contributed by atoms with E-state index in [2.05, 4.69) is 52.0 Å². The Morgan fingerprint density at radius 1 is 0.862 bits per heavy atom. The fraction of sp³-hybridized carbons (Fsp3) is 0.500. The van der Waals surface area contributed by atoms with Crippen molar-refractivity contribution >= 4 is 28.9 Å². The molecule has 2 aliphatic heterocycles. The van der Waals surface area contributed by atoms with Gasteiger partial charge in [0, 0.05) is 44.5 Å². The number of aryl methyl sites for hydroxylation is 1. The standard InChI is InChI=1S/C24H31Cl2N3/c1-19-4-2-3-5-24(19)29-16-14-28(15-17-29)21-9-12-27(13-10-21)11-8-20-6-7-22(25)23(26)18-20/h2-7,18,21H,8-17H2,1H3. The summed E-state index contributed by atoms with van der Waals surface area (Å²) in [5.41, 5.74) is 4.06. The zero-order valence-corrected chi connectivity index (χ0v) is 18.8. The molecule has 2 saturated heterocycles. The largest absolute Gasteiger partial charge is 0.369 e. The molecular formula is C24H31Cl2N3. The van der Waals surface area contributed by atoms with Crippen LogP contribution < -0.4 is 4.90 Å². The lowest BCUT2D eigenvalue weighted by Gasteiger charge is -2.43. The van der Waals surface area contributed by atoms with Crippen molar-refractivity contribution in [2.24, 2.45) is 0 Å². The summed E-state index contributed by atoms with van der Waals surface area (Å²) in [7, 11) is 0. The van der Waals surface area contributed by atoms with Crippen molar-refractivity contribution < 1.29 is 0 Å². The average molecular weight is 432 g/mol. The van der Waals surface area contributed by atoms with Crippen molar-refractivity contribution in [2.75, 3.05) is 50.7 Å². The van der Waals surface area contributed by atoms with Gasteiger partial charge in [-0.3, -0.25) is 4.90 Å². The summed E-state index contributed by atoms with van der Waals surface area (Å²) in [5.74, 6) is 0. The maximum Gasteiger partial charge on any atom is 0.0595 e. The van der Waals surface area contributed by atoms with Gasteiger partial charge < -0.3 is 9.80 Å². The maximum absolute atomic E-state index is 6.14. The Balaban J connectivity index is 1.21. The first-order valence-corrected chi connectivity index (χ1v) is 11.6. The van der Waals surface area contributed by atoms with Crippen LogP contribution in [-0.4, -0.2) is 61.7 Å². The van der Waals surface area contributed by atoms with Crippen LogP contribution in [-0.2, 0) is 6.42 Å². The van der Waals surface area contributed by atoms with Crippen LogP contribution in [0.1, 0.15) is 24.0 Å². The number of hydrogen-bond acceptors (Lipinski definition) is 3. The minimum atomic E-state index is 0.638. The lowest BCUT2D eigenvalue weighted by atomic mass is 10.0. The predicted octanol–water partition coefficient (Wildman–Crippen LogP) is 5.13. The quantitative estimate of drug-likeness (QED) is 0.649. The van der Waals surface area contributed by atoms with E-state index in [9.17, 15) is 0 Å². The van der Waals surface area contributed by atoms with Crippen molar-refractivity contribution in [3.8, 4) is 0 Å². The minimum absolute atomic E-state index is 0.638.